The number of amides is 2. The molecule has 0 bridgehead atoms. The van der Waals surface area contributed by atoms with E-state index >= 15 is 0 Å². The van der Waals surface area contributed by atoms with Gasteiger partial charge in [-0.3, -0.25) is 9.59 Å². The van der Waals surface area contributed by atoms with Crippen LogP contribution in [0.15, 0.2) is 24.3 Å². The van der Waals surface area contributed by atoms with Gasteiger partial charge in [-0.05, 0) is 44.4 Å². The normalized spacial score (nSPS) is 18.8. The number of likely N-dealkylation sites (tertiary alicyclic amines) is 1. The summed E-state index contributed by atoms with van der Waals surface area (Å²) in [5.74, 6) is 0.724. The van der Waals surface area contributed by atoms with Crippen molar-refractivity contribution in [2.24, 2.45) is 5.92 Å². The van der Waals surface area contributed by atoms with Crippen LogP contribution in [0.5, 0.6) is 5.75 Å². The third-order valence-corrected chi connectivity index (χ3v) is 4.38. The molecule has 1 aliphatic rings. The molecule has 0 unspecified atom stereocenters. The average molecular weight is 318 g/mol. The van der Waals surface area contributed by atoms with Crippen LogP contribution >= 0.6 is 0 Å². The molecule has 2 rings (SSSR count). The molecule has 1 fully saturated rings. The third kappa shape index (κ3) is 4.71. The molecule has 1 saturated heterocycles. The minimum atomic E-state index is -0.203. The lowest BCUT2D eigenvalue weighted by Crippen LogP contribution is -2.38. The lowest BCUT2D eigenvalue weighted by atomic mass is 10.0. The molecule has 5 nitrogen and oxygen atoms in total. The highest BCUT2D eigenvalue weighted by molar-refractivity contribution is 5.89. The minimum absolute atomic E-state index is 0.00321. The van der Waals surface area contributed by atoms with Crippen molar-refractivity contribution in [2.75, 3.05) is 20.2 Å². The molecule has 0 aliphatic carbocycles. The fourth-order valence-corrected chi connectivity index (χ4v) is 2.86. The molecule has 1 aliphatic heterocycles. The summed E-state index contributed by atoms with van der Waals surface area (Å²) in [6.07, 6.45) is 2.11. The molecule has 0 saturated carbocycles. The van der Waals surface area contributed by atoms with E-state index in [9.17, 15) is 9.59 Å². The van der Waals surface area contributed by atoms with Crippen LogP contribution in [0.2, 0.25) is 0 Å². The van der Waals surface area contributed by atoms with Crippen LogP contribution in [-0.4, -0.2) is 43.0 Å². The van der Waals surface area contributed by atoms with Gasteiger partial charge in [-0.1, -0.05) is 12.1 Å². The zero-order valence-electron chi connectivity index (χ0n) is 14.2. The van der Waals surface area contributed by atoms with Crippen molar-refractivity contribution in [3.05, 3.63) is 29.8 Å². The molecule has 23 heavy (non-hydrogen) atoms. The van der Waals surface area contributed by atoms with E-state index < -0.39 is 0 Å². The predicted octanol–water partition coefficient (Wildman–Crippen LogP) is 2.00. The molecule has 5 heteroatoms. The summed E-state index contributed by atoms with van der Waals surface area (Å²) in [5.41, 5.74) is 1.22. The molecule has 0 radical (unpaired) electrons. The maximum atomic E-state index is 12.3. The maximum Gasteiger partial charge on any atom is 0.225 e. The van der Waals surface area contributed by atoms with Gasteiger partial charge in [-0.15, -0.1) is 0 Å². The lowest BCUT2D eigenvalue weighted by Gasteiger charge is -2.17. The van der Waals surface area contributed by atoms with Gasteiger partial charge in [-0.25, -0.2) is 0 Å². The number of nitrogens with zero attached hydrogens (tertiary/aromatic N) is 1. The van der Waals surface area contributed by atoms with Crippen LogP contribution in [0.4, 0.5) is 0 Å². The van der Waals surface area contributed by atoms with Crippen molar-refractivity contribution < 1.29 is 14.3 Å². The number of carbonyl (C=O) groups is 2. The number of methoxy groups -OCH3 is 1. The summed E-state index contributed by atoms with van der Waals surface area (Å²) in [4.78, 5) is 25.7. The summed E-state index contributed by atoms with van der Waals surface area (Å²) >= 11 is 0. The summed E-state index contributed by atoms with van der Waals surface area (Å²) in [6, 6.07) is 8.07. The van der Waals surface area contributed by atoms with Crippen LogP contribution in [0.1, 0.15) is 32.3 Å². The van der Waals surface area contributed by atoms with Crippen molar-refractivity contribution in [3.63, 3.8) is 0 Å². The largest absolute Gasteiger partial charge is 0.497 e. The predicted molar refractivity (Wildman–Crippen MR) is 89.3 cm³/mol. The molecular formula is C18H26N2O3. The summed E-state index contributed by atoms with van der Waals surface area (Å²) in [7, 11) is 1.65. The Morgan fingerprint density at radius 2 is 2.09 bits per heavy atom. The van der Waals surface area contributed by atoms with Crippen molar-refractivity contribution in [3.8, 4) is 5.75 Å². The highest BCUT2D eigenvalue weighted by Crippen LogP contribution is 2.18. The molecule has 0 aromatic heterocycles. The van der Waals surface area contributed by atoms with Gasteiger partial charge in [0.15, 0.2) is 0 Å². The second-order valence-corrected chi connectivity index (χ2v) is 6.13. The van der Waals surface area contributed by atoms with Crippen LogP contribution in [0, 0.1) is 5.92 Å². The van der Waals surface area contributed by atoms with Gasteiger partial charge in [0, 0.05) is 25.6 Å². The Hall–Kier alpha value is -2.04. The van der Waals surface area contributed by atoms with E-state index in [2.05, 4.69) is 5.32 Å². The highest BCUT2D eigenvalue weighted by Gasteiger charge is 2.33. The van der Waals surface area contributed by atoms with Gasteiger partial charge in [0.2, 0.25) is 11.8 Å². The van der Waals surface area contributed by atoms with E-state index in [4.69, 9.17) is 4.74 Å². The van der Waals surface area contributed by atoms with Gasteiger partial charge >= 0.3 is 0 Å². The van der Waals surface area contributed by atoms with E-state index in [1.54, 1.807) is 12.0 Å². The highest BCUT2D eigenvalue weighted by atomic mass is 16.5. The van der Waals surface area contributed by atoms with Crippen LogP contribution in [0.3, 0.4) is 0 Å². The molecule has 1 aromatic carbocycles. The second kappa shape index (κ2) is 7.99. The van der Waals surface area contributed by atoms with E-state index in [1.165, 1.54) is 5.56 Å². The average Bonchev–Trinajstić information content (AvgIpc) is 2.94. The Morgan fingerprint density at radius 1 is 1.39 bits per heavy atom. The van der Waals surface area contributed by atoms with E-state index in [0.717, 1.165) is 18.6 Å². The first-order chi connectivity index (χ1) is 11.0. The number of hydrogen-bond donors (Lipinski definition) is 1. The Bertz CT molecular complexity index is 542. The van der Waals surface area contributed by atoms with Gasteiger partial charge in [0.1, 0.15) is 5.75 Å². The van der Waals surface area contributed by atoms with Crippen LogP contribution in [-0.2, 0) is 16.0 Å². The van der Waals surface area contributed by atoms with Crippen molar-refractivity contribution >= 4 is 11.8 Å². The zero-order valence-corrected chi connectivity index (χ0v) is 14.2. The first kappa shape index (κ1) is 17.3. The number of nitrogens with one attached hydrogen (secondary N) is 1. The van der Waals surface area contributed by atoms with E-state index in [1.807, 2.05) is 38.1 Å². The Balaban J connectivity index is 1.76. The van der Waals surface area contributed by atoms with E-state index in [0.29, 0.717) is 19.5 Å². The maximum absolute atomic E-state index is 12.3. The number of hydrogen-bond acceptors (Lipinski definition) is 3. The summed E-state index contributed by atoms with van der Waals surface area (Å²) < 4.78 is 5.14. The van der Waals surface area contributed by atoms with Gasteiger partial charge in [0.25, 0.3) is 0 Å². The molecule has 2 amide bonds. The molecule has 1 N–H and O–H groups in total. The van der Waals surface area contributed by atoms with Gasteiger partial charge < -0.3 is 15.0 Å². The zero-order chi connectivity index (χ0) is 16.8. The number of carbonyl (C=O) groups excluding carboxylic acids is 2. The van der Waals surface area contributed by atoms with Gasteiger partial charge in [0.05, 0.1) is 13.0 Å². The lowest BCUT2D eigenvalue weighted by molar-refractivity contribution is -0.129. The molecule has 1 heterocycles. The van der Waals surface area contributed by atoms with Crippen LogP contribution in [0.25, 0.3) is 0 Å². The first-order valence-electron chi connectivity index (χ1n) is 8.24. The third-order valence-electron chi connectivity index (χ3n) is 4.38. The van der Waals surface area contributed by atoms with Crippen molar-refractivity contribution in [2.45, 2.75) is 39.2 Å². The second-order valence-electron chi connectivity index (χ2n) is 6.13. The van der Waals surface area contributed by atoms with Crippen molar-refractivity contribution in [1.82, 2.24) is 10.2 Å². The Kier molecular flexibility index (Phi) is 6.02. The topological polar surface area (TPSA) is 58.6 Å². The molecule has 2 atom stereocenters. The molecular weight excluding hydrogens is 292 g/mol. The summed E-state index contributed by atoms with van der Waals surface area (Å²) in [5, 5.41) is 3.04. The smallest absolute Gasteiger partial charge is 0.225 e. The van der Waals surface area contributed by atoms with Crippen molar-refractivity contribution in [1.29, 1.82) is 0 Å². The molecule has 0 spiro atoms. The Labute approximate surface area is 138 Å². The fraction of sp³-hybridized carbons (Fsp3) is 0.556. The quantitative estimate of drug-likeness (QED) is 0.836. The SMILES string of the molecule is CCN1C[C@H](C(=O)N[C@H](C)CCc2ccc(OC)cc2)CC1=O. The molecule has 1 aromatic rings. The van der Waals surface area contributed by atoms with E-state index in [-0.39, 0.29) is 23.8 Å². The Morgan fingerprint density at radius 3 is 2.65 bits per heavy atom. The first-order valence-corrected chi connectivity index (χ1v) is 8.24. The number of benzene rings is 1. The monoisotopic (exact) mass is 318 g/mol. The number of aryl methyl sites for hydroxylation is 1. The summed E-state index contributed by atoms with van der Waals surface area (Å²) in [6.45, 7) is 5.17. The molecule has 126 valence electrons. The minimum Gasteiger partial charge on any atom is -0.497 e. The fourth-order valence-electron chi connectivity index (χ4n) is 2.86. The number of rotatable bonds is 7. The van der Waals surface area contributed by atoms with Gasteiger partial charge in [-0.2, -0.15) is 0 Å². The van der Waals surface area contributed by atoms with Crippen LogP contribution < -0.4 is 10.1 Å². The standard InChI is InChI=1S/C18H26N2O3/c1-4-20-12-15(11-17(20)21)18(22)19-13(2)5-6-14-7-9-16(23-3)10-8-14/h7-10,13,15H,4-6,11-12H2,1-3H3,(H,19,22)/t13-,15-/m1/s1. The number of ether oxygens (including phenoxy) is 1.